The van der Waals surface area contributed by atoms with Crippen LogP contribution in [0.2, 0.25) is 0 Å². The maximum Gasteiger partial charge on any atom is 0.254 e. The summed E-state index contributed by atoms with van der Waals surface area (Å²) >= 11 is 0. The molecule has 0 saturated carbocycles. The Morgan fingerprint density at radius 3 is 2.80 bits per heavy atom. The van der Waals surface area contributed by atoms with Gasteiger partial charge in [-0.25, -0.2) is 0 Å². The first-order chi connectivity index (χ1) is 7.36. The minimum atomic E-state index is 0.137. The molecule has 2 N–H and O–H groups in total. The molecule has 0 aromatic carbocycles. The van der Waals surface area contributed by atoms with Gasteiger partial charge >= 0.3 is 0 Å². The van der Waals surface area contributed by atoms with Crippen LogP contribution in [0.3, 0.4) is 0 Å². The topological polar surface area (TPSA) is 75.7 Å². The lowest BCUT2D eigenvalue weighted by atomic mass is 10.0. The van der Waals surface area contributed by atoms with Crippen LogP contribution in [0.25, 0.3) is 0 Å². The minimum Gasteiger partial charge on any atom is -0.475 e. The van der Waals surface area contributed by atoms with Crippen molar-refractivity contribution < 1.29 is 19.5 Å². The van der Waals surface area contributed by atoms with E-state index in [2.05, 4.69) is 9.68 Å². The van der Waals surface area contributed by atoms with Crippen molar-refractivity contribution in [2.45, 2.75) is 19.3 Å². The lowest BCUT2D eigenvalue weighted by molar-refractivity contribution is 0.171. The summed E-state index contributed by atoms with van der Waals surface area (Å²) in [6, 6.07) is 1.64. The molecule has 1 heterocycles. The van der Waals surface area contributed by atoms with E-state index in [1.165, 1.54) is 6.26 Å². The first kappa shape index (κ1) is 12.0. The maximum atomic E-state index is 8.84. The molecule has 1 aromatic rings. The van der Waals surface area contributed by atoms with E-state index in [1.54, 1.807) is 6.07 Å². The van der Waals surface area contributed by atoms with Crippen LogP contribution in [-0.2, 0) is 0 Å². The molecule has 0 amide bonds. The molecular weight excluding hydrogens is 198 g/mol. The summed E-state index contributed by atoms with van der Waals surface area (Å²) < 4.78 is 9.98. The van der Waals surface area contributed by atoms with Gasteiger partial charge in [-0.15, -0.1) is 0 Å². The summed E-state index contributed by atoms with van der Waals surface area (Å²) in [4.78, 5) is 0. The third kappa shape index (κ3) is 4.80. The van der Waals surface area contributed by atoms with Crippen molar-refractivity contribution in [3.05, 3.63) is 12.3 Å². The number of nitrogens with zero attached hydrogens (tertiary/aromatic N) is 1. The van der Waals surface area contributed by atoms with Crippen LogP contribution >= 0.6 is 0 Å². The third-order valence-corrected chi connectivity index (χ3v) is 2.19. The van der Waals surface area contributed by atoms with Gasteiger partial charge in [-0.2, -0.15) is 0 Å². The normalized spacial score (nSPS) is 12.7. The molecule has 15 heavy (non-hydrogen) atoms. The highest BCUT2D eigenvalue weighted by Crippen LogP contribution is 2.13. The van der Waals surface area contributed by atoms with Crippen LogP contribution in [0.5, 0.6) is 5.88 Å². The minimum absolute atomic E-state index is 0.137. The average molecular weight is 215 g/mol. The van der Waals surface area contributed by atoms with Gasteiger partial charge in [0.05, 0.1) is 6.61 Å². The molecule has 0 bridgehead atoms. The van der Waals surface area contributed by atoms with Crippen LogP contribution in [0, 0.1) is 5.92 Å². The Morgan fingerprint density at radius 2 is 2.20 bits per heavy atom. The summed E-state index contributed by atoms with van der Waals surface area (Å²) in [6.45, 7) is 0.803. The van der Waals surface area contributed by atoms with Crippen LogP contribution < -0.4 is 4.74 Å². The van der Waals surface area contributed by atoms with Gasteiger partial charge in [0.15, 0.2) is 0 Å². The Labute approximate surface area is 88.7 Å². The zero-order chi connectivity index (χ0) is 10.9. The number of aromatic nitrogens is 1. The van der Waals surface area contributed by atoms with E-state index in [-0.39, 0.29) is 19.1 Å². The van der Waals surface area contributed by atoms with E-state index in [9.17, 15) is 0 Å². The van der Waals surface area contributed by atoms with E-state index >= 15 is 0 Å². The number of rotatable bonds is 8. The van der Waals surface area contributed by atoms with Gasteiger partial charge in [0.2, 0.25) is 0 Å². The van der Waals surface area contributed by atoms with E-state index in [1.807, 2.05) is 0 Å². The molecule has 0 spiro atoms. The SMILES string of the molecule is OCCCC(CCO)COc1ccon1. The number of hydrogen-bond donors (Lipinski definition) is 2. The van der Waals surface area contributed by atoms with Gasteiger partial charge in [-0.1, -0.05) is 0 Å². The summed E-state index contributed by atoms with van der Waals surface area (Å²) in [5.74, 6) is 0.709. The summed E-state index contributed by atoms with van der Waals surface area (Å²) in [5.41, 5.74) is 0. The largest absolute Gasteiger partial charge is 0.475 e. The monoisotopic (exact) mass is 215 g/mol. The van der Waals surface area contributed by atoms with Gasteiger partial charge in [0, 0.05) is 19.3 Å². The highest BCUT2D eigenvalue weighted by Gasteiger charge is 2.09. The molecule has 86 valence electrons. The van der Waals surface area contributed by atoms with Gasteiger partial charge in [-0.3, -0.25) is 0 Å². The van der Waals surface area contributed by atoms with Crippen molar-refractivity contribution in [3.8, 4) is 5.88 Å². The molecule has 1 unspecified atom stereocenters. The van der Waals surface area contributed by atoms with Crippen molar-refractivity contribution in [3.63, 3.8) is 0 Å². The van der Waals surface area contributed by atoms with Gasteiger partial charge in [0.25, 0.3) is 5.88 Å². The molecule has 0 radical (unpaired) electrons. The van der Waals surface area contributed by atoms with Crippen molar-refractivity contribution in [2.75, 3.05) is 19.8 Å². The van der Waals surface area contributed by atoms with Gasteiger partial charge < -0.3 is 19.5 Å². The molecule has 5 nitrogen and oxygen atoms in total. The standard InChI is InChI=1S/C10H17NO4/c12-5-1-2-9(3-6-13)8-14-10-4-7-15-11-10/h4,7,9,12-13H,1-3,5-6,8H2. The zero-order valence-electron chi connectivity index (χ0n) is 8.63. The Balaban J connectivity index is 2.24. The summed E-state index contributed by atoms with van der Waals surface area (Å²) in [5, 5.41) is 21.2. The van der Waals surface area contributed by atoms with Crippen LogP contribution in [0.1, 0.15) is 19.3 Å². The van der Waals surface area contributed by atoms with Gasteiger partial charge in [-0.05, 0) is 30.3 Å². The molecule has 0 fully saturated rings. The van der Waals surface area contributed by atoms with E-state index in [4.69, 9.17) is 14.9 Å². The Hall–Kier alpha value is -1.07. The van der Waals surface area contributed by atoms with Crippen molar-refractivity contribution in [2.24, 2.45) is 5.92 Å². The maximum absolute atomic E-state index is 8.84. The van der Waals surface area contributed by atoms with Crippen molar-refractivity contribution >= 4 is 0 Å². The van der Waals surface area contributed by atoms with E-state index < -0.39 is 0 Å². The quantitative estimate of drug-likeness (QED) is 0.671. The highest BCUT2D eigenvalue weighted by atomic mass is 16.5. The number of hydrogen-bond acceptors (Lipinski definition) is 5. The average Bonchev–Trinajstić information content (AvgIpc) is 2.75. The number of aliphatic hydroxyl groups is 2. The molecule has 1 rings (SSSR count). The molecule has 0 saturated heterocycles. The molecule has 0 aliphatic heterocycles. The third-order valence-electron chi connectivity index (χ3n) is 2.19. The highest BCUT2D eigenvalue weighted by molar-refractivity contribution is 5.01. The molecule has 0 aliphatic rings. The smallest absolute Gasteiger partial charge is 0.254 e. The molecule has 1 atom stereocenters. The Kier molecular flexibility index (Phi) is 5.80. The van der Waals surface area contributed by atoms with E-state index in [0.717, 1.165) is 12.8 Å². The second-order valence-corrected chi connectivity index (χ2v) is 3.39. The second kappa shape index (κ2) is 7.25. The lowest BCUT2D eigenvalue weighted by Gasteiger charge is -2.14. The van der Waals surface area contributed by atoms with Crippen molar-refractivity contribution in [1.29, 1.82) is 0 Å². The van der Waals surface area contributed by atoms with Crippen LogP contribution in [0.4, 0.5) is 0 Å². The zero-order valence-corrected chi connectivity index (χ0v) is 8.63. The number of ether oxygens (including phenoxy) is 1. The summed E-state index contributed by atoms with van der Waals surface area (Å²) in [7, 11) is 0. The van der Waals surface area contributed by atoms with Crippen LogP contribution in [0.15, 0.2) is 16.9 Å². The fourth-order valence-electron chi connectivity index (χ4n) is 1.35. The Bertz CT molecular complexity index is 238. The molecule has 0 aliphatic carbocycles. The van der Waals surface area contributed by atoms with Crippen molar-refractivity contribution in [1.82, 2.24) is 5.16 Å². The van der Waals surface area contributed by atoms with E-state index in [0.29, 0.717) is 18.9 Å². The first-order valence-electron chi connectivity index (χ1n) is 5.11. The summed E-state index contributed by atoms with van der Waals surface area (Å²) in [6.07, 6.45) is 3.70. The van der Waals surface area contributed by atoms with Gasteiger partial charge in [0.1, 0.15) is 6.26 Å². The number of aliphatic hydroxyl groups excluding tert-OH is 2. The molecule has 1 aromatic heterocycles. The first-order valence-corrected chi connectivity index (χ1v) is 5.11. The predicted octanol–water partition coefficient (Wildman–Crippen LogP) is 0.825. The molecular formula is C10H17NO4. The predicted molar refractivity (Wildman–Crippen MR) is 53.5 cm³/mol. The van der Waals surface area contributed by atoms with Crippen LogP contribution in [-0.4, -0.2) is 35.2 Å². The lowest BCUT2D eigenvalue weighted by Crippen LogP contribution is -2.14. The molecule has 5 heteroatoms. The fraction of sp³-hybridized carbons (Fsp3) is 0.700. The fourth-order valence-corrected chi connectivity index (χ4v) is 1.35. The second-order valence-electron chi connectivity index (χ2n) is 3.39. The Morgan fingerprint density at radius 1 is 1.33 bits per heavy atom.